The molecule has 2 aromatic carbocycles. The van der Waals surface area contributed by atoms with Crippen LogP contribution in [-0.4, -0.2) is 43.6 Å². The molecule has 0 atom stereocenters. The van der Waals surface area contributed by atoms with Crippen LogP contribution in [0, 0.1) is 0 Å². The lowest BCUT2D eigenvalue weighted by atomic mass is 10.2. The zero-order chi connectivity index (χ0) is 22.6. The van der Waals surface area contributed by atoms with Crippen molar-refractivity contribution in [1.29, 1.82) is 0 Å². The van der Waals surface area contributed by atoms with Crippen molar-refractivity contribution in [2.24, 2.45) is 5.73 Å². The third kappa shape index (κ3) is 5.24. The number of hydrogen-bond donors (Lipinski definition) is 2. The van der Waals surface area contributed by atoms with E-state index in [1.54, 1.807) is 30.3 Å². The molecule has 3 N–H and O–H groups in total. The number of nitrogens with two attached hydrogens (primary N) is 1. The highest BCUT2D eigenvalue weighted by Crippen LogP contribution is 2.22. The minimum absolute atomic E-state index is 0.0187. The highest BCUT2D eigenvalue weighted by atomic mass is 32.2. The molecule has 1 heterocycles. The molecule has 0 saturated heterocycles. The van der Waals surface area contributed by atoms with Gasteiger partial charge < -0.3 is 15.8 Å². The first kappa shape index (κ1) is 21.9. The zero-order valence-electron chi connectivity index (χ0n) is 16.8. The topological polar surface area (TPSA) is 132 Å². The Bertz CT molecular complexity index is 1220. The molecule has 0 aliphatic heterocycles. The van der Waals surface area contributed by atoms with E-state index in [1.807, 2.05) is 0 Å². The fourth-order valence-electron chi connectivity index (χ4n) is 2.56. The predicted molar refractivity (Wildman–Crippen MR) is 115 cm³/mol. The van der Waals surface area contributed by atoms with Crippen molar-refractivity contribution in [1.82, 2.24) is 9.29 Å². The third-order valence-corrected chi connectivity index (χ3v) is 6.02. The van der Waals surface area contributed by atoms with Crippen LogP contribution in [0.1, 0.15) is 20.7 Å². The van der Waals surface area contributed by atoms with Gasteiger partial charge in [-0.25, -0.2) is 17.7 Å². The van der Waals surface area contributed by atoms with Crippen LogP contribution in [0.2, 0.25) is 0 Å². The number of pyridine rings is 1. The first-order valence-corrected chi connectivity index (χ1v) is 10.5. The van der Waals surface area contributed by atoms with Crippen molar-refractivity contribution >= 4 is 27.5 Å². The van der Waals surface area contributed by atoms with Gasteiger partial charge in [-0.2, -0.15) is 0 Å². The van der Waals surface area contributed by atoms with Gasteiger partial charge in [0.1, 0.15) is 5.75 Å². The summed E-state index contributed by atoms with van der Waals surface area (Å²) in [6.07, 6.45) is 1.39. The molecule has 10 heteroatoms. The van der Waals surface area contributed by atoms with Gasteiger partial charge in [0.2, 0.25) is 21.8 Å². The molecule has 0 aliphatic rings. The van der Waals surface area contributed by atoms with Gasteiger partial charge >= 0.3 is 0 Å². The Morgan fingerprint density at radius 2 is 1.71 bits per heavy atom. The van der Waals surface area contributed by atoms with E-state index in [0.717, 1.165) is 4.31 Å². The molecular weight excluding hydrogens is 420 g/mol. The summed E-state index contributed by atoms with van der Waals surface area (Å²) in [5.41, 5.74) is 6.14. The lowest BCUT2D eigenvalue weighted by molar-refractivity contribution is 0.0997. The van der Waals surface area contributed by atoms with E-state index >= 15 is 0 Å². The van der Waals surface area contributed by atoms with Gasteiger partial charge in [-0.1, -0.05) is 12.1 Å². The summed E-state index contributed by atoms with van der Waals surface area (Å²) in [6, 6.07) is 15.2. The molecule has 0 bridgehead atoms. The van der Waals surface area contributed by atoms with Crippen molar-refractivity contribution < 1.29 is 22.7 Å². The lowest BCUT2D eigenvalue weighted by Gasteiger charge is -2.12. The maximum atomic E-state index is 12.5. The quantitative estimate of drug-likeness (QED) is 0.580. The molecule has 0 fully saturated rings. The summed E-state index contributed by atoms with van der Waals surface area (Å²) in [7, 11) is -0.818. The first-order valence-electron chi connectivity index (χ1n) is 9.04. The summed E-state index contributed by atoms with van der Waals surface area (Å²) in [5, 5.41) is 2.65. The van der Waals surface area contributed by atoms with Gasteiger partial charge in [0, 0.05) is 31.3 Å². The minimum atomic E-state index is -3.65. The van der Waals surface area contributed by atoms with Crippen molar-refractivity contribution in [2.45, 2.75) is 4.90 Å². The Kier molecular flexibility index (Phi) is 6.33. The van der Waals surface area contributed by atoms with Crippen LogP contribution >= 0.6 is 0 Å². The Morgan fingerprint density at radius 1 is 1.00 bits per heavy atom. The summed E-state index contributed by atoms with van der Waals surface area (Å²) < 4.78 is 31.2. The van der Waals surface area contributed by atoms with E-state index in [0.29, 0.717) is 17.0 Å². The summed E-state index contributed by atoms with van der Waals surface area (Å²) in [4.78, 5) is 27.9. The standard InChI is InChI=1S/C21H20N4O5S/c1-25(2)31(28,29)18-8-4-6-15(12-18)21(27)24-16-9-10-19(23-13-16)30-17-7-3-5-14(11-17)20(22)26/h3-13H,1-2H3,(H2,22,26)(H,24,27). The summed E-state index contributed by atoms with van der Waals surface area (Å²) in [5.74, 6) is -0.419. The molecule has 31 heavy (non-hydrogen) atoms. The number of nitrogens with one attached hydrogen (secondary N) is 1. The first-order chi connectivity index (χ1) is 14.7. The molecule has 0 radical (unpaired) electrons. The fourth-order valence-corrected chi connectivity index (χ4v) is 3.51. The van der Waals surface area contributed by atoms with Crippen LogP contribution in [-0.2, 0) is 10.0 Å². The molecule has 0 spiro atoms. The van der Waals surface area contributed by atoms with E-state index in [1.165, 1.54) is 50.6 Å². The van der Waals surface area contributed by atoms with Crippen LogP contribution in [0.25, 0.3) is 0 Å². The zero-order valence-corrected chi connectivity index (χ0v) is 17.6. The van der Waals surface area contributed by atoms with Crippen LogP contribution in [0.3, 0.4) is 0 Å². The molecule has 3 rings (SSSR count). The largest absolute Gasteiger partial charge is 0.439 e. The average Bonchev–Trinajstić information content (AvgIpc) is 2.75. The van der Waals surface area contributed by atoms with Crippen molar-refractivity contribution in [3.63, 3.8) is 0 Å². The van der Waals surface area contributed by atoms with Gasteiger partial charge in [0.05, 0.1) is 16.8 Å². The highest BCUT2D eigenvalue weighted by Gasteiger charge is 2.18. The number of sulfonamides is 1. The number of nitrogens with zero attached hydrogens (tertiary/aromatic N) is 2. The van der Waals surface area contributed by atoms with Gasteiger partial charge in [0.25, 0.3) is 5.91 Å². The molecule has 0 saturated carbocycles. The molecule has 2 amide bonds. The number of aromatic nitrogens is 1. The van der Waals surface area contributed by atoms with E-state index < -0.39 is 21.8 Å². The molecule has 0 aliphatic carbocycles. The number of carbonyl (C=O) groups is 2. The summed E-state index contributed by atoms with van der Waals surface area (Å²) in [6.45, 7) is 0. The van der Waals surface area contributed by atoms with Crippen LogP contribution in [0.5, 0.6) is 11.6 Å². The molecule has 9 nitrogen and oxygen atoms in total. The second kappa shape index (κ2) is 8.94. The number of benzene rings is 2. The van der Waals surface area contributed by atoms with Crippen LogP contribution in [0.4, 0.5) is 5.69 Å². The average molecular weight is 440 g/mol. The lowest BCUT2D eigenvalue weighted by Crippen LogP contribution is -2.22. The third-order valence-electron chi connectivity index (χ3n) is 4.21. The number of anilines is 1. The van der Waals surface area contributed by atoms with Gasteiger partial charge in [-0.3, -0.25) is 9.59 Å². The smallest absolute Gasteiger partial charge is 0.255 e. The van der Waals surface area contributed by atoms with Crippen LogP contribution in [0.15, 0.2) is 71.8 Å². The van der Waals surface area contributed by atoms with E-state index in [9.17, 15) is 18.0 Å². The van der Waals surface area contributed by atoms with Gasteiger partial charge in [-0.05, 0) is 42.5 Å². The second-order valence-corrected chi connectivity index (χ2v) is 8.80. The van der Waals surface area contributed by atoms with Crippen molar-refractivity contribution in [3.8, 4) is 11.6 Å². The number of hydrogen-bond acceptors (Lipinski definition) is 6. The summed E-state index contributed by atoms with van der Waals surface area (Å²) >= 11 is 0. The van der Waals surface area contributed by atoms with Gasteiger partial charge in [0.15, 0.2) is 0 Å². The molecule has 1 aromatic heterocycles. The Hall–Kier alpha value is -3.76. The van der Waals surface area contributed by atoms with Crippen LogP contribution < -0.4 is 15.8 Å². The van der Waals surface area contributed by atoms with Crippen molar-refractivity contribution in [2.75, 3.05) is 19.4 Å². The van der Waals surface area contributed by atoms with E-state index in [-0.39, 0.29) is 16.3 Å². The Labute approximate surface area is 179 Å². The second-order valence-electron chi connectivity index (χ2n) is 6.65. The minimum Gasteiger partial charge on any atom is -0.439 e. The fraction of sp³-hybridized carbons (Fsp3) is 0.0952. The van der Waals surface area contributed by atoms with Gasteiger partial charge in [-0.15, -0.1) is 0 Å². The van der Waals surface area contributed by atoms with E-state index in [2.05, 4.69) is 10.3 Å². The molecule has 3 aromatic rings. The number of ether oxygens (including phenoxy) is 1. The maximum Gasteiger partial charge on any atom is 0.255 e. The van der Waals surface area contributed by atoms with Crippen molar-refractivity contribution in [3.05, 3.63) is 78.0 Å². The highest BCUT2D eigenvalue weighted by molar-refractivity contribution is 7.89. The Morgan fingerprint density at radius 3 is 2.35 bits per heavy atom. The number of amides is 2. The molecule has 160 valence electrons. The molecular formula is C21H20N4O5S. The monoisotopic (exact) mass is 440 g/mol. The Balaban J connectivity index is 1.71. The number of primary amides is 1. The number of rotatable bonds is 7. The predicted octanol–water partition coefficient (Wildman–Crippen LogP) is 2.48. The maximum absolute atomic E-state index is 12.5. The van der Waals surface area contributed by atoms with E-state index in [4.69, 9.17) is 10.5 Å². The SMILES string of the molecule is CN(C)S(=O)(=O)c1cccc(C(=O)Nc2ccc(Oc3cccc(C(N)=O)c3)nc2)c1. The normalized spacial score (nSPS) is 11.2. The molecule has 0 unspecified atom stereocenters. The number of carbonyl (C=O) groups excluding carboxylic acids is 2.